The lowest BCUT2D eigenvalue weighted by Gasteiger charge is -2.35. The summed E-state index contributed by atoms with van der Waals surface area (Å²) in [5.41, 5.74) is 2.32. The SMILES string of the molecule is COc1cc(C(=O)N2CCN(c3cccc4cnccc34)C(=O)C2)ccc1OCc1ccccc1. The molecular formula is C28H25N3O4. The van der Waals surface area contributed by atoms with Gasteiger partial charge in [0.25, 0.3) is 5.91 Å². The number of methoxy groups -OCH3 is 1. The second-order valence-corrected chi connectivity index (χ2v) is 8.29. The summed E-state index contributed by atoms with van der Waals surface area (Å²) >= 11 is 0. The van der Waals surface area contributed by atoms with Crippen LogP contribution in [0.5, 0.6) is 11.5 Å². The fourth-order valence-electron chi connectivity index (χ4n) is 4.28. The highest BCUT2D eigenvalue weighted by molar-refractivity contribution is 6.06. The second kappa shape index (κ2) is 9.85. The number of carbonyl (C=O) groups excluding carboxylic acids is 2. The Balaban J connectivity index is 1.29. The number of benzene rings is 3. The van der Waals surface area contributed by atoms with Crippen LogP contribution < -0.4 is 14.4 Å². The van der Waals surface area contributed by atoms with Crippen LogP contribution in [0.15, 0.2) is 85.2 Å². The molecule has 0 spiro atoms. The topological polar surface area (TPSA) is 72.0 Å². The van der Waals surface area contributed by atoms with Gasteiger partial charge in [0.05, 0.1) is 12.8 Å². The van der Waals surface area contributed by atoms with Crippen molar-refractivity contribution >= 4 is 28.3 Å². The van der Waals surface area contributed by atoms with Crippen LogP contribution in [0.25, 0.3) is 10.8 Å². The molecule has 2 amide bonds. The van der Waals surface area contributed by atoms with Crippen molar-refractivity contribution in [3.8, 4) is 11.5 Å². The maximum absolute atomic E-state index is 13.2. The molecule has 0 N–H and O–H groups in total. The average Bonchev–Trinajstić information content (AvgIpc) is 2.91. The van der Waals surface area contributed by atoms with E-state index in [2.05, 4.69) is 4.98 Å². The molecule has 0 saturated carbocycles. The number of hydrogen-bond donors (Lipinski definition) is 0. The van der Waals surface area contributed by atoms with Gasteiger partial charge in [0.15, 0.2) is 11.5 Å². The molecule has 5 rings (SSSR count). The molecule has 1 aliphatic heterocycles. The monoisotopic (exact) mass is 467 g/mol. The minimum atomic E-state index is -0.215. The van der Waals surface area contributed by atoms with Gasteiger partial charge in [-0.15, -0.1) is 0 Å². The Kier molecular flexibility index (Phi) is 6.30. The highest BCUT2D eigenvalue weighted by Gasteiger charge is 2.29. The van der Waals surface area contributed by atoms with Crippen molar-refractivity contribution < 1.29 is 19.1 Å². The Morgan fingerprint density at radius 3 is 2.63 bits per heavy atom. The first-order valence-electron chi connectivity index (χ1n) is 11.4. The summed E-state index contributed by atoms with van der Waals surface area (Å²) in [6.07, 6.45) is 3.50. The number of amides is 2. The normalized spacial score (nSPS) is 13.7. The van der Waals surface area contributed by atoms with Crippen molar-refractivity contribution in [1.29, 1.82) is 0 Å². The zero-order chi connectivity index (χ0) is 24.2. The lowest BCUT2D eigenvalue weighted by molar-refractivity contribution is -0.120. The van der Waals surface area contributed by atoms with Gasteiger partial charge in [0.1, 0.15) is 13.2 Å². The summed E-state index contributed by atoms with van der Waals surface area (Å²) in [7, 11) is 1.54. The maximum atomic E-state index is 13.2. The van der Waals surface area contributed by atoms with Gasteiger partial charge in [-0.3, -0.25) is 14.6 Å². The van der Waals surface area contributed by atoms with E-state index in [1.807, 2.05) is 54.6 Å². The van der Waals surface area contributed by atoms with E-state index >= 15 is 0 Å². The number of nitrogens with zero attached hydrogens (tertiary/aromatic N) is 3. The standard InChI is InChI=1S/C28H25N3O4/c1-34-26-16-21(10-11-25(26)35-19-20-6-3-2-4-7-20)28(33)30-14-15-31(27(32)18-30)24-9-5-8-22-17-29-13-12-23(22)24/h2-13,16-17H,14-15,18-19H2,1H3. The Hall–Kier alpha value is -4.39. The molecule has 1 fully saturated rings. The van der Waals surface area contributed by atoms with Crippen LogP contribution in [-0.2, 0) is 11.4 Å². The zero-order valence-electron chi connectivity index (χ0n) is 19.4. The molecule has 1 aromatic heterocycles. The van der Waals surface area contributed by atoms with Crippen molar-refractivity contribution in [1.82, 2.24) is 9.88 Å². The lowest BCUT2D eigenvalue weighted by atomic mass is 10.1. The number of fused-ring (bicyclic) bond motifs is 1. The molecule has 0 unspecified atom stereocenters. The van der Waals surface area contributed by atoms with Gasteiger partial charge >= 0.3 is 0 Å². The van der Waals surface area contributed by atoms with Gasteiger partial charge in [-0.2, -0.15) is 0 Å². The molecule has 4 aromatic rings. The van der Waals surface area contributed by atoms with E-state index in [9.17, 15) is 9.59 Å². The van der Waals surface area contributed by atoms with Gasteiger partial charge < -0.3 is 19.3 Å². The van der Waals surface area contributed by atoms with E-state index in [1.165, 1.54) is 0 Å². The molecule has 1 saturated heterocycles. The van der Waals surface area contributed by atoms with Crippen molar-refractivity contribution in [3.63, 3.8) is 0 Å². The molecule has 0 atom stereocenters. The molecule has 35 heavy (non-hydrogen) atoms. The van der Waals surface area contributed by atoms with Crippen LogP contribution in [-0.4, -0.2) is 48.4 Å². The number of pyridine rings is 1. The minimum absolute atomic E-state index is 0.00881. The Morgan fingerprint density at radius 1 is 0.971 bits per heavy atom. The number of anilines is 1. The highest BCUT2D eigenvalue weighted by atomic mass is 16.5. The predicted molar refractivity (Wildman–Crippen MR) is 134 cm³/mol. The van der Waals surface area contributed by atoms with Gasteiger partial charge in [-0.05, 0) is 35.9 Å². The van der Waals surface area contributed by atoms with E-state index in [0.29, 0.717) is 36.8 Å². The molecule has 7 nitrogen and oxygen atoms in total. The van der Waals surface area contributed by atoms with E-state index < -0.39 is 0 Å². The van der Waals surface area contributed by atoms with Crippen molar-refractivity contribution in [2.24, 2.45) is 0 Å². The van der Waals surface area contributed by atoms with Crippen LogP contribution >= 0.6 is 0 Å². The fraction of sp³-hybridized carbons (Fsp3) is 0.179. The molecule has 0 aliphatic carbocycles. The Labute approximate surface area is 203 Å². The maximum Gasteiger partial charge on any atom is 0.254 e. The predicted octanol–water partition coefficient (Wildman–Crippen LogP) is 4.31. The third-order valence-corrected chi connectivity index (χ3v) is 6.10. The Morgan fingerprint density at radius 2 is 1.83 bits per heavy atom. The number of aromatic nitrogens is 1. The zero-order valence-corrected chi connectivity index (χ0v) is 19.4. The molecule has 1 aliphatic rings. The smallest absolute Gasteiger partial charge is 0.254 e. The first-order valence-corrected chi connectivity index (χ1v) is 11.4. The number of carbonyl (C=O) groups is 2. The molecular weight excluding hydrogens is 442 g/mol. The quantitative estimate of drug-likeness (QED) is 0.423. The highest BCUT2D eigenvalue weighted by Crippen LogP contribution is 2.31. The van der Waals surface area contributed by atoms with Crippen molar-refractivity contribution in [2.45, 2.75) is 6.61 Å². The average molecular weight is 468 g/mol. The van der Waals surface area contributed by atoms with E-state index in [0.717, 1.165) is 22.0 Å². The van der Waals surface area contributed by atoms with Gasteiger partial charge in [0, 0.05) is 41.8 Å². The fourth-order valence-corrected chi connectivity index (χ4v) is 4.28. The molecule has 0 bridgehead atoms. The van der Waals surface area contributed by atoms with E-state index in [1.54, 1.807) is 47.5 Å². The summed E-state index contributed by atoms with van der Waals surface area (Å²) in [5, 5.41) is 1.93. The second-order valence-electron chi connectivity index (χ2n) is 8.29. The largest absolute Gasteiger partial charge is 0.493 e. The van der Waals surface area contributed by atoms with E-state index in [-0.39, 0.29) is 18.4 Å². The number of rotatable bonds is 6. The first-order chi connectivity index (χ1) is 17.1. The third kappa shape index (κ3) is 4.66. The minimum Gasteiger partial charge on any atom is -0.493 e. The van der Waals surface area contributed by atoms with Crippen LogP contribution in [0.2, 0.25) is 0 Å². The number of hydrogen-bond acceptors (Lipinski definition) is 5. The number of piperazine rings is 1. The van der Waals surface area contributed by atoms with Gasteiger partial charge in [-0.25, -0.2) is 0 Å². The molecule has 2 heterocycles. The summed E-state index contributed by atoms with van der Waals surface area (Å²) < 4.78 is 11.4. The van der Waals surface area contributed by atoms with Crippen LogP contribution in [0, 0.1) is 0 Å². The summed E-state index contributed by atoms with van der Waals surface area (Å²) in [5.74, 6) is 0.692. The van der Waals surface area contributed by atoms with Crippen LogP contribution in [0.1, 0.15) is 15.9 Å². The first kappa shape index (κ1) is 22.4. The number of ether oxygens (including phenoxy) is 2. The summed E-state index contributed by atoms with van der Waals surface area (Å²) in [6, 6.07) is 22.6. The van der Waals surface area contributed by atoms with Gasteiger partial charge in [0.2, 0.25) is 5.91 Å². The third-order valence-electron chi connectivity index (χ3n) is 6.10. The Bertz CT molecular complexity index is 1370. The van der Waals surface area contributed by atoms with Crippen LogP contribution in [0.4, 0.5) is 5.69 Å². The van der Waals surface area contributed by atoms with Crippen molar-refractivity contribution in [2.75, 3.05) is 31.6 Å². The molecule has 3 aromatic carbocycles. The van der Waals surface area contributed by atoms with E-state index in [4.69, 9.17) is 9.47 Å². The molecule has 7 heteroatoms. The van der Waals surface area contributed by atoms with Crippen molar-refractivity contribution in [3.05, 3.63) is 96.3 Å². The lowest BCUT2D eigenvalue weighted by Crippen LogP contribution is -2.52. The molecule has 0 radical (unpaired) electrons. The van der Waals surface area contributed by atoms with Crippen LogP contribution in [0.3, 0.4) is 0 Å². The summed E-state index contributed by atoms with van der Waals surface area (Å²) in [6.45, 7) is 1.25. The van der Waals surface area contributed by atoms with Gasteiger partial charge in [-0.1, -0.05) is 42.5 Å². The molecule has 176 valence electrons. The summed E-state index contributed by atoms with van der Waals surface area (Å²) in [4.78, 5) is 33.7.